The number of para-hydroxylation sites is 1. The van der Waals surface area contributed by atoms with Gasteiger partial charge in [0.05, 0.1) is 5.69 Å². The average Bonchev–Trinajstić information content (AvgIpc) is 3.17. The van der Waals surface area contributed by atoms with Gasteiger partial charge in [-0.1, -0.05) is 48.5 Å². The van der Waals surface area contributed by atoms with Gasteiger partial charge in [0.1, 0.15) is 0 Å². The van der Waals surface area contributed by atoms with E-state index >= 15 is 0 Å². The SMILES string of the molecule is CCN(CC)C(=O)OC1=C(c2ccccc2)Cc2ccccc2-n2cccc21. The maximum Gasteiger partial charge on any atom is 0.415 e. The van der Waals surface area contributed by atoms with E-state index in [1.807, 2.05) is 56.4 Å². The second kappa shape index (κ2) is 7.77. The quantitative estimate of drug-likeness (QED) is 0.616. The Morgan fingerprint density at radius 2 is 1.68 bits per heavy atom. The number of hydrogen-bond acceptors (Lipinski definition) is 2. The smallest absolute Gasteiger partial charge is 0.408 e. The molecule has 0 N–H and O–H groups in total. The third kappa shape index (κ3) is 3.22. The number of benzene rings is 2. The molecule has 28 heavy (non-hydrogen) atoms. The van der Waals surface area contributed by atoms with Crippen molar-refractivity contribution in [3.63, 3.8) is 0 Å². The number of amides is 1. The number of rotatable bonds is 4. The van der Waals surface area contributed by atoms with E-state index in [4.69, 9.17) is 4.74 Å². The van der Waals surface area contributed by atoms with Gasteiger partial charge in [0.25, 0.3) is 0 Å². The highest BCUT2D eigenvalue weighted by Crippen LogP contribution is 2.37. The molecule has 0 atom stereocenters. The maximum absolute atomic E-state index is 12.8. The highest BCUT2D eigenvalue weighted by molar-refractivity contribution is 5.93. The minimum absolute atomic E-state index is 0.313. The van der Waals surface area contributed by atoms with Crippen molar-refractivity contribution in [2.45, 2.75) is 20.3 Å². The van der Waals surface area contributed by atoms with Crippen LogP contribution < -0.4 is 0 Å². The Hall–Kier alpha value is -3.27. The number of fused-ring (bicyclic) bond motifs is 3. The first-order valence-electron chi connectivity index (χ1n) is 9.74. The van der Waals surface area contributed by atoms with Crippen LogP contribution in [0.15, 0.2) is 72.9 Å². The average molecular weight is 372 g/mol. The van der Waals surface area contributed by atoms with E-state index in [1.54, 1.807) is 4.90 Å². The normalized spacial score (nSPS) is 12.8. The summed E-state index contributed by atoms with van der Waals surface area (Å²) in [6, 6.07) is 22.5. The van der Waals surface area contributed by atoms with Crippen molar-refractivity contribution >= 4 is 17.4 Å². The van der Waals surface area contributed by atoms with Crippen LogP contribution in [0.1, 0.15) is 30.7 Å². The van der Waals surface area contributed by atoms with Crippen molar-refractivity contribution < 1.29 is 9.53 Å². The molecule has 0 aliphatic carbocycles. The summed E-state index contributed by atoms with van der Waals surface area (Å²) in [6.07, 6.45) is 2.41. The molecular weight excluding hydrogens is 348 g/mol. The van der Waals surface area contributed by atoms with Gasteiger partial charge in [0.15, 0.2) is 5.76 Å². The molecule has 1 aliphatic heterocycles. The number of aromatic nitrogens is 1. The van der Waals surface area contributed by atoms with Gasteiger partial charge in [-0.2, -0.15) is 0 Å². The van der Waals surface area contributed by atoms with Crippen LogP contribution in [0.3, 0.4) is 0 Å². The molecule has 2 aromatic carbocycles. The molecular formula is C24H24N2O2. The highest BCUT2D eigenvalue weighted by atomic mass is 16.6. The van der Waals surface area contributed by atoms with Crippen LogP contribution in [0.5, 0.6) is 0 Å². The summed E-state index contributed by atoms with van der Waals surface area (Å²) in [5, 5.41) is 0. The molecule has 0 unspecified atom stereocenters. The van der Waals surface area contributed by atoms with Crippen molar-refractivity contribution in [1.29, 1.82) is 0 Å². The molecule has 0 fully saturated rings. The first-order chi connectivity index (χ1) is 13.7. The zero-order chi connectivity index (χ0) is 19.5. The Labute approximate surface area is 165 Å². The van der Waals surface area contributed by atoms with Crippen LogP contribution in [0, 0.1) is 0 Å². The van der Waals surface area contributed by atoms with E-state index in [1.165, 1.54) is 5.56 Å². The summed E-state index contributed by atoms with van der Waals surface area (Å²) < 4.78 is 8.15. The summed E-state index contributed by atoms with van der Waals surface area (Å²) in [5.41, 5.74) is 5.29. The zero-order valence-electron chi connectivity index (χ0n) is 16.3. The molecule has 0 spiro atoms. The van der Waals surface area contributed by atoms with Crippen molar-refractivity contribution in [3.05, 3.63) is 89.7 Å². The molecule has 4 nitrogen and oxygen atoms in total. The Balaban J connectivity index is 1.91. The molecule has 2 heterocycles. The first kappa shape index (κ1) is 18.1. The van der Waals surface area contributed by atoms with Gasteiger partial charge in [0, 0.05) is 37.0 Å². The topological polar surface area (TPSA) is 34.5 Å². The lowest BCUT2D eigenvalue weighted by Crippen LogP contribution is -2.31. The van der Waals surface area contributed by atoms with E-state index in [-0.39, 0.29) is 6.09 Å². The van der Waals surface area contributed by atoms with Crippen molar-refractivity contribution in [3.8, 4) is 5.69 Å². The van der Waals surface area contributed by atoms with Gasteiger partial charge < -0.3 is 14.2 Å². The molecule has 142 valence electrons. The molecule has 1 aromatic heterocycles. The Bertz CT molecular complexity index is 1010. The van der Waals surface area contributed by atoms with Crippen LogP contribution in [-0.2, 0) is 11.2 Å². The van der Waals surface area contributed by atoms with E-state index in [0.29, 0.717) is 25.3 Å². The van der Waals surface area contributed by atoms with E-state index < -0.39 is 0 Å². The predicted octanol–water partition coefficient (Wildman–Crippen LogP) is 5.38. The standard InChI is InChI=1S/C24H24N2O2/c1-3-25(4-2)24(27)28-23-20(18-11-6-5-7-12-18)17-19-13-8-9-14-21(19)26-16-10-15-22(23)26/h5-16H,3-4,17H2,1-2H3. The van der Waals surface area contributed by atoms with Crippen molar-refractivity contribution in [1.82, 2.24) is 9.47 Å². The fourth-order valence-electron chi connectivity index (χ4n) is 3.72. The van der Waals surface area contributed by atoms with E-state index in [0.717, 1.165) is 22.5 Å². The summed E-state index contributed by atoms with van der Waals surface area (Å²) in [7, 11) is 0. The van der Waals surface area contributed by atoms with Gasteiger partial charge in [-0.25, -0.2) is 4.79 Å². The third-order valence-electron chi connectivity index (χ3n) is 5.21. The number of carbonyl (C=O) groups excluding carboxylic acids is 1. The Morgan fingerprint density at radius 1 is 0.964 bits per heavy atom. The molecule has 0 saturated carbocycles. The van der Waals surface area contributed by atoms with Crippen LogP contribution >= 0.6 is 0 Å². The van der Waals surface area contributed by atoms with Crippen LogP contribution in [0.2, 0.25) is 0 Å². The van der Waals surface area contributed by atoms with Gasteiger partial charge in [-0.05, 0) is 43.2 Å². The largest absolute Gasteiger partial charge is 0.415 e. The summed E-state index contributed by atoms with van der Waals surface area (Å²) >= 11 is 0. The molecule has 0 saturated heterocycles. The van der Waals surface area contributed by atoms with Gasteiger partial charge in [-0.3, -0.25) is 0 Å². The van der Waals surface area contributed by atoms with Crippen LogP contribution in [-0.4, -0.2) is 28.6 Å². The fraction of sp³-hybridized carbons (Fsp3) is 0.208. The lowest BCUT2D eigenvalue weighted by molar-refractivity contribution is 0.148. The zero-order valence-corrected chi connectivity index (χ0v) is 16.3. The number of nitrogens with zero attached hydrogens (tertiary/aromatic N) is 2. The minimum Gasteiger partial charge on any atom is -0.408 e. The number of ether oxygens (including phenoxy) is 1. The molecule has 0 radical (unpaired) electrons. The predicted molar refractivity (Wildman–Crippen MR) is 112 cm³/mol. The summed E-state index contributed by atoms with van der Waals surface area (Å²) in [6.45, 7) is 5.15. The number of allylic oxidation sites excluding steroid dienone is 1. The van der Waals surface area contributed by atoms with Crippen molar-refractivity contribution in [2.75, 3.05) is 13.1 Å². The van der Waals surface area contributed by atoms with E-state index in [2.05, 4.69) is 34.9 Å². The monoisotopic (exact) mass is 372 g/mol. The molecule has 4 heteroatoms. The molecule has 0 bridgehead atoms. The summed E-state index contributed by atoms with van der Waals surface area (Å²) in [4.78, 5) is 14.5. The minimum atomic E-state index is -0.313. The molecule has 3 aromatic rings. The molecule has 1 amide bonds. The lowest BCUT2D eigenvalue weighted by atomic mass is 9.96. The highest BCUT2D eigenvalue weighted by Gasteiger charge is 2.26. The second-order valence-corrected chi connectivity index (χ2v) is 6.78. The second-order valence-electron chi connectivity index (χ2n) is 6.78. The lowest BCUT2D eigenvalue weighted by Gasteiger charge is -2.21. The maximum atomic E-state index is 12.8. The Morgan fingerprint density at radius 3 is 2.43 bits per heavy atom. The van der Waals surface area contributed by atoms with Gasteiger partial charge in [0.2, 0.25) is 0 Å². The van der Waals surface area contributed by atoms with Crippen LogP contribution in [0.25, 0.3) is 17.0 Å². The van der Waals surface area contributed by atoms with Crippen LogP contribution in [0.4, 0.5) is 4.79 Å². The molecule has 4 rings (SSSR count). The first-order valence-corrected chi connectivity index (χ1v) is 9.74. The van der Waals surface area contributed by atoms with Crippen molar-refractivity contribution in [2.24, 2.45) is 0 Å². The van der Waals surface area contributed by atoms with E-state index in [9.17, 15) is 4.79 Å². The number of carbonyl (C=O) groups is 1. The summed E-state index contributed by atoms with van der Waals surface area (Å²) in [5.74, 6) is 0.629. The fourth-order valence-corrected chi connectivity index (χ4v) is 3.72. The third-order valence-corrected chi connectivity index (χ3v) is 5.21. The van der Waals surface area contributed by atoms with Gasteiger partial charge >= 0.3 is 6.09 Å². The number of hydrogen-bond donors (Lipinski definition) is 0. The van der Waals surface area contributed by atoms with Gasteiger partial charge in [-0.15, -0.1) is 0 Å². The molecule has 1 aliphatic rings. The Kier molecular flexibility index (Phi) is 5.02.